The van der Waals surface area contributed by atoms with Crippen LogP contribution in [-0.2, 0) is 0 Å². The molecule has 2 N–H and O–H groups in total. The van der Waals surface area contributed by atoms with E-state index in [-0.39, 0.29) is 5.91 Å². The number of hydrogen-bond donors (Lipinski definition) is 2. The quantitative estimate of drug-likeness (QED) is 0.740. The van der Waals surface area contributed by atoms with Crippen LogP contribution in [0.1, 0.15) is 16.1 Å². The number of benzene rings is 1. The second-order valence-corrected chi connectivity index (χ2v) is 4.84. The Bertz CT molecular complexity index is 714. The highest BCUT2D eigenvalue weighted by Crippen LogP contribution is 2.21. The second-order valence-electron chi connectivity index (χ2n) is 4.03. The zero-order chi connectivity index (χ0) is 12.5. The van der Waals surface area contributed by atoms with Crippen LogP contribution in [0.25, 0.3) is 10.9 Å². The third-order valence-electron chi connectivity index (χ3n) is 2.70. The zero-order valence-electron chi connectivity index (χ0n) is 9.73. The number of amides is 1. The molecule has 0 unspecified atom stereocenters. The van der Waals surface area contributed by atoms with Gasteiger partial charge in [-0.1, -0.05) is 18.2 Å². The van der Waals surface area contributed by atoms with Crippen LogP contribution in [0.4, 0.5) is 5.00 Å². The molecule has 0 saturated carbocycles. The maximum Gasteiger partial charge on any atom is 0.258 e. The van der Waals surface area contributed by atoms with Crippen molar-refractivity contribution < 1.29 is 4.79 Å². The average molecular weight is 257 g/mol. The van der Waals surface area contributed by atoms with Gasteiger partial charge in [0, 0.05) is 17.1 Å². The molecular weight excluding hydrogens is 246 g/mol. The van der Waals surface area contributed by atoms with Gasteiger partial charge in [-0.05, 0) is 30.6 Å². The minimum absolute atomic E-state index is 0.115. The molecule has 1 aromatic carbocycles. The molecule has 4 nitrogen and oxygen atoms in total. The first kappa shape index (κ1) is 11.0. The third-order valence-corrected chi connectivity index (χ3v) is 3.49. The van der Waals surface area contributed by atoms with E-state index >= 15 is 0 Å². The normalized spacial score (nSPS) is 10.7. The van der Waals surface area contributed by atoms with Gasteiger partial charge in [0.15, 0.2) is 0 Å². The summed E-state index contributed by atoms with van der Waals surface area (Å²) in [4.78, 5) is 15.2. The molecule has 2 aromatic heterocycles. The molecule has 90 valence electrons. The minimum atomic E-state index is -0.115. The predicted octanol–water partition coefficient (Wildman–Crippen LogP) is 3.19. The molecule has 0 aliphatic rings. The number of fused-ring (bicyclic) bond motifs is 1. The van der Waals surface area contributed by atoms with Crippen molar-refractivity contribution in [1.82, 2.24) is 9.36 Å². The van der Waals surface area contributed by atoms with E-state index < -0.39 is 0 Å². The number of hydrogen-bond acceptors (Lipinski definition) is 3. The molecule has 0 aliphatic heterocycles. The van der Waals surface area contributed by atoms with Crippen molar-refractivity contribution in [3.63, 3.8) is 0 Å². The number of anilines is 1. The van der Waals surface area contributed by atoms with Gasteiger partial charge in [-0.15, -0.1) is 0 Å². The van der Waals surface area contributed by atoms with Crippen molar-refractivity contribution >= 4 is 33.3 Å². The molecule has 0 fully saturated rings. The van der Waals surface area contributed by atoms with E-state index in [9.17, 15) is 4.79 Å². The lowest BCUT2D eigenvalue weighted by molar-refractivity contribution is 0.102. The number of aromatic amines is 1. The maximum absolute atomic E-state index is 12.1. The Kier molecular flexibility index (Phi) is 2.60. The van der Waals surface area contributed by atoms with Crippen LogP contribution in [0.3, 0.4) is 0 Å². The molecular formula is C13H11N3OS. The van der Waals surface area contributed by atoms with Crippen LogP contribution in [0, 0.1) is 6.92 Å². The lowest BCUT2D eigenvalue weighted by atomic mass is 10.1. The highest BCUT2D eigenvalue weighted by Gasteiger charge is 2.12. The number of para-hydroxylation sites is 1. The molecule has 1 amide bonds. The summed E-state index contributed by atoms with van der Waals surface area (Å²) in [6, 6.07) is 9.59. The van der Waals surface area contributed by atoms with E-state index in [1.54, 1.807) is 6.20 Å². The van der Waals surface area contributed by atoms with Crippen molar-refractivity contribution in [2.45, 2.75) is 6.92 Å². The van der Waals surface area contributed by atoms with E-state index in [1.165, 1.54) is 11.5 Å². The summed E-state index contributed by atoms with van der Waals surface area (Å²) in [5.41, 5.74) is 2.52. The van der Waals surface area contributed by atoms with Crippen molar-refractivity contribution in [3.05, 3.63) is 47.8 Å². The van der Waals surface area contributed by atoms with Crippen LogP contribution >= 0.6 is 11.5 Å². The highest BCUT2D eigenvalue weighted by molar-refractivity contribution is 7.10. The van der Waals surface area contributed by atoms with Gasteiger partial charge in [-0.3, -0.25) is 4.79 Å². The number of nitrogens with zero attached hydrogens (tertiary/aromatic N) is 1. The van der Waals surface area contributed by atoms with E-state index in [0.717, 1.165) is 21.6 Å². The van der Waals surface area contributed by atoms with Crippen molar-refractivity contribution in [3.8, 4) is 0 Å². The fraction of sp³-hybridized carbons (Fsp3) is 0.0769. The fourth-order valence-corrected chi connectivity index (χ4v) is 2.52. The Labute approximate surface area is 108 Å². The number of aromatic nitrogens is 2. The maximum atomic E-state index is 12.1. The van der Waals surface area contributed by atoms with Crippen LogP contribution < -0.4 is 5.32 Å². The second kappa shape index (κ2) is 4.27. The Hall–Kier alpha value is -2.14. The largest absolute Gasteiger partial charge is 0.360 e. The van der Waals surface area contributed by atoms with Crippen molar-refractivity contribution in [2.75, 3.05) is 5.32 Å². The summed E-state index contributed by atoms with van der Waals surface area (Å²) in [6.45, 7) is 1.90. The molecule has 3 aromatic rings. The van der Waals surface area contributed by atoms with Crippen molar-refractivity contribution in [1.29, 1.82) is 0 Å². The van der Waals surface area contributed by atoms with E-state index in [0.29, 0.717) is 5.56 Å². The monoisotopic (exact) mass is 257 g/mol. The third kappa shape index (κ3) is 1.89. The fourth-order valence-electron chi connectivity index (χ4n) is 1.86. The summed E-state index contributed by atoms with van der Waals surface area (Å²) < 4.78 is 4.13. The lowest BCUT2D eigenvalue weighted by Crippen LogP contribution is -2.10. The predicted molar refractivity (Wildman–Crippen MR) is 73.1 cm³/mol. The number of H-pyrrole nitrogens is 1. The van der Waals surface area contributed by atoms with Gasteiger partial charge in [0.2, 0.25) is 0 Å². The summed E-state index contributed by atoms with van der Waals surface area (Å²) in [5.74, 6) is -0.115. The molecule has 0 spiro atoms. The number of rotatable bonds is 2. The summed E-state index contributed by atoms with van der Waals surface area (Å²) >= 11 is 1.29. The van der Waals surface area contributed by atoms with Gasteiger partial charge in [0.1, 0.15) is 5.00 Å². The first-order valence-electron chi connectivity index (χ1n) is 5.55. The standard InChI is InChI=1S/C13H11N3OS/c1-8-6-12(18-16-8)15-13(17)10-7-14-11-5-3-2-4-9(10)11/h2-7,14H,1H3,(H,15,17). The Morgan fingerprint density at radius 2 is 2.22 bits per heavy atom. The van der Waals surface area contributed by atoms with Crippen LogP contribution in [0.15, 0.2) is 36.5 Å². The first-order valence-corrected chi connectivity index (χ1v) is 6.32. The topological polar surface area (TPSA) is 57.8 Å². The van der Waals surface area contributed by atoms with Gasteiger partial charge in [-0.2, -0.15) is 4.37 Å². The molecule has 5 heteroatoms. The zero-order valence-corrected chi connectivity index (χ0v) is 10.5. The first-order chi connectivity index (χ1) is 8.74. The van der Waals surface area contributed by atoms with Gasteiger partial charge in [0.05, 0.1) is 11.3 Å². The lowest BCUT2D eigenvalue weighted by Gasteiger charge is -1.99. The minimum Gasteiger partial charge on any atom is -0.360 e. The number of carbonyl (C=O) groups excluding carboxylic acids is 1. The summed E-state index contributed by atoms with van der Waals surface area (Å²) in [5, 5.41) is 4.55. The number of nitrogens with one attached hydrogen (secondary N) is 2. The van der Waals surface area contributed by atoms with Gasteiger partial charge in [0.25, 0.3) is 5.91 Å². The Morgan fingerprint density at radius 1 is 1.39 bits per heavy atom. The van der Waals surface area contributed by atoms with E-state index in [4.69, 9.17) is 0 Å². The number of carbonyl (C=O) groups is 1. The molecule has 2 heterocycles. The Balaban J connectivity index is 1.92. The van der Waals surface area contributed by atoms with Gasteiger partial charge >= 0.3 is 0 Å². The highest BCUT2D eigenvalue weighted by atomic mass is 32.1. The smallest absolute Gasteiger partial charge is 0.258 e. The van der Waals surface area contributed by atoms with E-state index in [2.05, 4.69) is 14.7 Å². The van der Waals surface area contributed by atoms with E-state index in [1.807, 2.05) is 37.3 Å². The summed E-state index contributed by atoms with van der Waals surface area (Å²) in [7, 11) is 0. The van der Waals surface area contributed by atoms with Crippen LogP contribution in [-0.4, -0.2) is 15.3 Å². The molecule has 18 heavy (non-hydrogen) atoms. The van der Waals surface area contributed by atoms with Gasteiger partial charge < -0.3 is 10.3 Å². The number of aryl methyl sites for hydroxylation is 1. The van der Waals surface area contributed by atoms with Crippen LogP contribution in [0.2, 0.25) is 0 Å². The molecule has 0 radical (unpaired) electrons. The van der Waals surface area contributed by atoms with Crippen molar-refractivity contribution in [2.24, 2.45) is 0 Å². The molecule has 0 aliphatic carbocycles. The average Bonchev–Trinajstić information content (AvgIpc) is 2.95. The molecule has 0 bridgehead atoms. The Morgan fingerprint density at radius 3 is 3.00 bits per heavy atom. The summed E-state index contributed by atoms with van der Waals surface area (Å²) in [6.07, 6.45) is 1.73. The molecule has 0 saturated heterocycles. The van der Waals surface area contributed by atoms with Crippen LogP contribution in [0.5, 0.6) is 0 Å². The molecule has 0 atom stereocenters. The van der Waals surface area contributed by atoms with Gasteiger partial charge in [-0.25, -0.2) is 0 Å². The SMILES string of the molecule is Cc1cc(NC(=O)c2c[nH]c3ccccc23)sn1. The molecule has 3 rings (SSSR count).